The highest BCUT2D eigenvalue weighted by Gasteiger charge is 2.39. The quantitative estimate of drug-likeness (QED) is 0.646. The van der Waals surface area contributed by atoms with Crippen LogP contribution in [-0.2, 0) is 0 Å². The van der Waals surface area contributed by atoms with Gasteiger partial charge >= 0.3 is 0 Å². The van der Waals surface area contributed by atoms with Gasteiger partial charge in [-0.1, -0.05) is 19.4 Å². The number of halogens is 1. The Hall–Kier alpha value is -0.970. The van der Waals surface area contributed by atoms with Crippen molar-refractivity contribution in [2.45, 2.75) is 58.0 Å². The van der Waals surface area contributed by atoms with E-state index in [9.17, 15) is 4.39 Å². The maximum atomic E-state index is 13.8. The van der Waals surface area contributed by atoms with Crippen LogP contribution in [0.25, 0.3) is 0 Å². The fourth-order valence-electron chi connectivity index (χ4n) is 3.58. The van der Waals surface area contributed by atoms with Crippen molar-refractivity contribution in [1.82, 2.24) is 10.3 Å². The van der Waals surface area contributed by atoms with Crippen LogP contribution >= 0.6 is 0 Å². The second-order valence-electron chi connectivity index (χ2n) is 6.42. The van der Waals surface area contributed by atoms with Crippen molar-refractivity contribution in [2.24, 2.45) is 5.84 Å². The van der Waals surface area contributed by atoms with Crippen LogP contribution in [0.4, 0.5) is 4.39 Å². The molecule has 2 unspecified atom stereocenters. The minimum Gasteiger partial charge on any atom is -0.296 e. The van der Waals surface area contributed by atoms with Crippen LogP contribution in [-0.4, -0.2) is 23.5 Å². The number of nitrogens with two attached hydrogens (primary N) is 1. The van der Waals surface area contributed by atoms with Crippen LogP contribution in [0.3, 0.4) is 0 Å². The topological polar surface area (TPSA) is 41.3 Å². The molecule has 2 atom stereocenters. The monoisotopic (exact) mass is 293 g/mol. The Morgan fingerprint density at radius 2 is 1.95 bits per heavy atom. The fraction of sp³-hybridized carbons (Fsp3) is 0.647. The van der Waals surface area contributed by atoms with E-state index in [1.54, 1.807) is 12.1 Å². The molecule has 1 aromatic carbocycles. The molecule has 0 aromatic heterocycles. The summed E-state index contributed by atoms with van der Waals surface area (Å²) in [5.41, 5.74) is 4.72. The molecule has 3 N–H and O–H groups in total. The maximum absolute atomic E-state index is 13.8. The van der Waals surface area contributed by atoms with E-state index < -0.39 is 0 Å². The average Bonchev–Trinajstić information content (AvgIpc) is 2.47. The van der Waals surface area contributed by atoms with Gasteiger partial charge in [0.05, 0.1) is 6.04 Å². The first-order valence-electron chi connectivity index (χ1n) is 7.99. The predicted octanol–water partition coefficient (Wildman–Crippen LogP) is 3.29. The molecular weight excluding hydrogens is 265 g/mol. The molecule has 0 amide bonds. The normalized spacial score (nSPS) is 21.0. The molecule has 0 radical (unpaired) electrons. The van der Waals surface area contributed by atoms with Crippen molar-refractivity contribution in [3.8, 4) is 0 Å². The Balaban J connectivity index is 2.35. The third-order valence-corrected chi connectivity index (χ3v) is 4.98. The lowest BCUT2D eigenvalue weighted by molar-refractivity contribution is 0.0423. The molecule has 1 aliphatic rings. The minimum atomic E-state index is -0.192. The number of nitrogens with zero attached hydrogens (tertiary/aromatic N) is 1. The van der Waals surface area contributed by atoms with E-state index in [1.807, 2.05) is 13.0 Å². The lowest BCUT2D eigenvalue weighted by Crippen LogP contribution is -2.57. The van der Waals surface area contributed by atoms with Crippen LogP contribution in [0.5, 0.6) is 0 Å². The van der Waals surface area contributed by atoms with Gasteiger partial charge in [0, 0.05) is 5.54 Å². The number of hydrogen-bond donors (Lipinski definition) is 2. The van der Waals surface area contributed by atoms with Gasteiger partial charge in [-0.05, 0) is 69.5 Å². The SMILES string of the molecule is CCC(C)(C(NN)c1cc(C)cc(F)c1)N1CCCCC1. The van der Waals surface area contributed by atoms with Crippen molar-refractivity contribution in [1.29, 1.82) is 0 Å². The van der Waals surface area contributed by atoms with E-state index in [0.29, 0.717) is 0 Å². The summed E-state index contributed by atoms with van der Waals surface area (Å²) in [7, 11) is 0. The largest absolute Gasteiger partial charge is 0.296 e. The zero-order valence-corrected chi connectivity index (χ0v) is 13.5. The maximum Gasteiger partial charge on any atom is 0.123 e. The van der Waals surface area contributed by atoms with E-state index in [1.165, 1.54) is 19.3 Å². The molecule has 21 heavy (non-hydrogen) atoms. The second-order valence-corrected chi connectivity index (χ2v) is 6.42. The Bertz CT molecular complexity index is 451. The van der Waals surface area contributed by atoms with Gasteiger partial charge in [0.1, 0.15) is 5.82 Å². The highest BCUT2D eigenvalue weighted by atomic mass is 19.1. The van der Waals surface area contributed by atoms with Gasteiger partial charge in [-0.3, -0.25) is 16.2 Å². The Morgan fingerprint density at radius 3 is 2.48 bits per heavy atom. The van der Waals surface area contributed by atoms with Gasteiger partial charge in [-0.15, -0.1) is 0 Å². The standard InChI is InChI=1S/C17H28FN3/c1-4-17(3,21-8-6-5-7-9-21)16(20-19)14-10-13(2)11-15(18)12-14/h10-12,16,20H,4-9,19H2,1-3H3. The summed E-state index contributed by atoms with van der Waals surface area (Å²) in [4.78, 5) is 2.52. The van der Waals surface area contributed by atoms with E-state index >= 15 is 0 Å². The van der Waals surface area contributed by atoms with Crippen LogP contribution in [0.1, 0.15) is 56.7 Å². The molecule has 3 nitrogen and oxygen atoms in total. The number of likely N-dealkylation sites (tertiary alicyclic amines) is 1. The smallest absolute Gasteiger partial charge is 0.123 e. The Morgan fingerprint density at radius 1 is 1.29 bits per heavy atom. The lowest BCUT2D eigenvalue weighted by Gasteiger charge is -2.48. The number of nitrogens with one attached hydrogen (secondary N) is 1. The second kappa shape index (κ2) is 6.86. The molecule has 2 rings (SSSR count). The van der Waals surface area contributed by atoms with E-state index in [2.05, 4.69) is 24.2 Å². The summed E-state index contributed by atoms with van der Waals surface area (Å²) in [5.74, 6) is 5.68. The summed E-state index contributed by atoms with van der Waals surface area (Å²) < 4.78 is 13.8. The van der Waals surface area contributed by atoms with Crippen LogP contribution in [0, 0.1) is 12.7 Å². The zero-order chi connectivity index (χ0) is 15.5. The van der Waals surface area contributed by atoms with Gasteiger partial charge in [0.25, 0.3) is 0 Å². The van der Waals surface area contributed by atoms with E-state index in [0.717, 1.165) is 30.6 Å². The van der Waals surface area contributed by atoms with Crippen molar-refractivity contribution >= 4 is 0 Å². The molecule has 0 saturated carbocycles. The molecule has 0 bridgehead atoms. The van der Waals surface area contributed by atoms with Crippen molar-refractivity contribution in [3.05, 3.63) is 35.1 Å². The van der Waals surface area contributed by atoms with Crippen molar-refractivity contribution in [3.63, 3.8) is 0 Å². The average molecular weight is 293 g/mol. The number of piperidine rings is 1. The molecular formula is C17H28FN3. The molecule has 1 aliphatic heterocycles. The number of rotatable bonds is 5. The highest BCUT2D eigenvalue weighted by molar-refractivity contribution is 5.29. The van der Waals surface area contributed by atoms with Gasteiger partial charge in [0.15, 0.2) is 0 Å². The summed E-state index contributed by atoms with van der Waals surface area (Å²) >= 11 is 0. The zero-order valence-electron chi connectivity index (χ0n) is 13.5. The van der Waals surface area contributed by atoms with Crippen LogP contribution < -0.4 is 11.3 Å². The first-order valence-corrected chi connectivity index (χ1v) is 7.99. The number of hydrazine groups is 1. The van der Waals surface area contributed by atoms with E-state index in [-0.39, 0.29) is 17.4 Å². The third-order valence-electron chi connectivity index (χ3n) is 4.98. The molecule has 0 spiro atoms. The van der Waals surface area contributed by atoms with Gasteiger partial charge < -0.3 is 0 Å². The molecule has 1 aromatic rings. The van der Waals surface area contributed by atoms with Crippen molar-refractivity contribution in [2.75, 3.05) is 13.1 Å². The predicted molar refractivity (Wildman–Crippen MR) is 85.3 cm³/mol. The molecule has 1 fully saturated rings. The third kappa shape index (κ3) is 3.44. The van der Waals surface area contributed by atoms with Gasteiger partial charge in [-0.2, -0.15) is 0 Å². The van der Waals surface area contributed by atoms with Crippen molar-refractivity contribution < 1.29 is 4.39 Å². The Labute approximate surface area is 127 Å². The summed E-state index contributed by atoms with van der Waals surface area (Å²) in [6.07, 6.45) is 4.73. The lowest BCUT2D eigenvalue weighted by atomic mass is 9.81. The Kier molecular flexibility index (Phi) is 5.36. The number of benzene rings is 1. The van der Waals surface area contributed by atoms with Crippen LogP contribution in [0.15, 0.2) is 18.2 Å². The molecule has 1 heterocycles. The first kappa shape index (κ1) is 16.4. The molecule has 4 heteroatoms. The summed E-state index contributed by atoms with van der Waals surface area (Å²) in [6, 6.07) is 5.12. The van der Waals surface area contributed by atoms with Gasteiger partial charge in [-0.25, -0.2) is 4.39 Å². The number of hydrogen-bond acceptors (Lipinski definition) is 3. The summed E-state index contributed by atoms with van der Waals surface area (Å²) in [6.45, 7) is 8.53. The van der Waals surface area contributed by atoms with E-state index in [4.69, 9.17) is 5.84 Å². The molecule has 118 valence electrons. The highest BCUT2D eigenvalue weighted by Crippen LogP contribution is 2.36. The first-order chi connectivity index (χ1) is 10.0. The molecule has 0 aliphatic carbocycles. The fourth-order valence-corrected chi connectivity index (χ4v) is 3.58. The molecule has 1 saturated heterocycles. The summed E-state index contributed by atoms with van der Waals surface area (Å²) in [5, 5.41) is 0. The minimum absolute atomic E-state index is 0.0741. The van der Waals surface area contributed by atoms with Crippen LogP contribution in [0.2, 0.25) is 0 Å². The number of aryl methyl sites for hydroxylation is 1. The van der Waals surface area contributed by atoms with Gasteiger partial charge in [0.2, 0.25) is 0 Å².